The minimum Gasteiger partial charge on any atom is -0.497 e. The second-order valence-electron chi connectivity index (χ2n) is 2.45. The van der Waals surface area contributed by atoms with E-state index in [1.165, 1.54) is 0 Å². The molecule has 1 rings (SSSR count). The van der Waals surface area contributed by atoms with Crippen molar-refractivity contribution in [3.8, 4) is 5.75 Å². The summed E-state index contributed by atoms with van der Waals surface area (Å²) in [7, 11) is 1.61. The Balaban J connectivity index is 2.86. The molecule has 0 radical (unpaired) electrons. The van der Waals surface area contributed by atoms with Gasteiger partial charge in [-0.15, -0.1) is 0 Å². The fourth-order valence-corrected chi connectivity index (χ4v) is 1.31. The summed E-state index contributed by atoms with van der Waals surface area (Å²) in [6, 6.07) is 7.41. The molecule has 3 heteroatoms. The van der Waals surface area contributed by atoms with Crippen molar-refractivity contribution < 1.29 is 9.84 Å². The Bertz CT molecular complexity index is 250. The van der Waals surface area contributed by atoms with Crippen LogP contribution in [0.4, 0.5) is 0 Å². The van der Waals surface area contributed by atoms with Gasteiger partial charge in [-0.05, 0) is 17.7 Å². The second kappa shape index (κ2) is 4.48. The van der Waals surface area contributed by atoms with Gasteiger partial charge in [0.1, 0.15) is 5.75 Å². The normalized spacial score (nSPS) is 12.6. The van der Waals surface area contributed by atoms with Gasteiger partial charge in [0, 0.05) is 5.33 Å². The van der Waals surface area contributed by atoms with Gasteiger partial charge in [0.15, 0.2) is 0 Å². The van der Waals surface area contributed by atoms with Gasteiger partial charge in [-0.1, -0.05) is 28.1 Å². The maximum absolute atomic E-state index is 9.45. The van der Waals surface area contributed by atoms with Crippen LogP contribution in [-0.2, 0) is 0 Å². The summed E-state index contributed by atoms with van der Waals surface area (Å²) in [5, 5.41) is 9.99. The summed E-state index contributed by atoms with van der Waals surface area (Å²) in [5.41, 5.74) is 0.867. The van der Waals surface area contributed by atoms with Crippen LogP contribution in [0, 0.1) is 0 Å². The summed E-state index contributed by atoms with van der Waals surface area (Å²) < 4.78 is 5.02. The van der Waals surface area contributed by atoms with Crippen molar-refractivity contribution in [3.05, 3.63) is 29.8 Å². The highest BCUT2D eigenvalue weighted by Crippen LogP contribution is 2.19. The Morgan fingerprint density at radius 3 is 2.92 bits per heavy atom. The molecule has 66 valence electrons. The van der Waals surface area contributed by atoms with Gasteiger partial charge in [-0.25, -0.2) is 0 Å². The maximum Gasteiger partial charge on any atom is 0.119 e. The van der Waals surface area contributed by atoms with Crippen LogP contribution in [0.2, 0.25) is 0 Å². The molecule has 0 aliphatic carbocycles. The summed E-state index contributed by atoms with van der Waals surface area (Å²) in [5.74, 6) is 0.771. The topological polar surface area (TPSA) is 29.5 Å². The second-order valence-corrected chi connectivity index (χ2v) is 3.09. The van der Waals surface area contributed by atoms with E-state index in [1.807, 2.05) is 24.3 Å². The molecule has 0 aliphatic rings. The number of rotatable bonds is 3. The fraction of sp³-hybridized carbons (Fsp3) is 0.333. The Labute approximate surface area is 80.3 Å². The molecule has 1 aromatic carbocycles. The van der Waals surface area contributed by atoms with Crippen molar-refractivity contribution >= 4 is 15.9 Å². The molecule has 0 aromatic heterocycles. The first-order chi connectivity index (χ1) is 5.77. The monoisotopic (exact) mass is 230 g/mol. The zero-order chi connectivity index (χ0) is 8.97. The van der Waals surface area contributed by atoms with E-state index in [4.69, 9.17) is 4.74 Å². The predicted octanol–water partition coefficient (Wildman–Crippen LogP) is 2.12. The molecule has 0 saturated heterocycles. The molecular formula is C9H11BrO2. The molecule has 0 amide bonds. The summed E-state index contributed by atoms with van der Waals surface area (Å²) >= 11 is 3.21. The molecule has 0 heterocycles. The molecule has 1 aromatic rings. The van der Waals surface area contributed by atoms with E-state index in [0.29, 0.717) is 5.33 Å². The quantitative estimate of drug-likeness (QED) is 0.807. The number of ether oxygens (including phenoxy) is 1. The van der Waals surface area contributed by atoms with E-state index in [9.17, 15) is 5.11 Å². The SMILES string of the molecule is COc1cccc([C@H](O)CBr)c1. The lowest BCUT2D eigenvalue weighted by Gasteiger charge is -2.08. The third-order valence-corrected chi connectivity index (χ3v) is 2.24. The molecule has 0 unspecified atom stereocenters. The lowest BCUT2D eigenvalue weighted by Crippen LogP contribution is -1.98. The smallest absolute Gasteiger partial charge is 0.119 e. The predicted molar refractivity (Wildman–Crippen MR) is 51.7 cm³/mol. The van der Waals surface area contributed by atoms with Crippen molar-refractivity contribution in [2.45, 2.75) is 6.10 Å². The number of hydrogen-bond acceptors (Lipinski definition) is 2. The number of benzene rings is 1. The zero-order valence-corrected chi connectivity index (χ0v) is 8.41. The Morgan fingerprint density at radius 2 is 2.33 bits per heavy atom. The molecule has 2 nitrogen and oxygen atoms in total. The molecule has 0 aliphatic heterocycles. The standard InChI is InChI=1S/C9H11BrO2/c1-12-8-4-2-3-7(5-8)9(11)6-10/h2-5,9,11H,6H2,1H3/t9-/m1/s1. The fourth-order valence-electron chi connectivity index (χ4n) is 0.938. The largest absolute Gasteiger partial charge is 0.497 e. The highest BCUT2D eigenvalue weighted by molar-refractivity contribution is 9.09. The molecule has 12 heavy (non-hydrogen) atoms. The Morgan fingerprint density at radius 1 is 1.58 bits per heavy atom. The van der Waals surface area contributed by atoms with Crippen molar-refractivity contribution in [1.29, 1.82) is 0 Å². The number of methoxy groups -OCH3 is 1. The lowest BCUT2D eigenvalue weighted by atomic mass is 10.1. The van der Waals surface area contributed by atoms with E-state index in [2.05, 4.69) is 15.9 Å². The third-order valence-electron chi connectivity index (χ3n) is 1.62. The number of aliphatic hydroxyl groups excluding tert-OH is 1. The first kappa shape index (κ1) is 9.55. The summed E-state index contributed by atoms with van der Waals surface area (Å²) in [6.45, 7) is 0. The average molecular weight is 231 g/mol. The lowest BCUT2D eigenvalue weighted by molar-refractivity contribution is 0.205. The van der Waals surface area contributed by atoms with Crippen LogP contribution in [0.25, 0.3) is 0 Å². The van der Waals surface area contributed by atoms with Crippen LogP contribution in [0.15, 0.2) is 24.3 Å². The van der Waals surface area contributed by atoms with Crippen molar-refractivity contribution in [2.75, 3.05) is 12.4 Å². The molecule has 1 atom stereocenters. The van der Waals surface area contributed by atoms with E-state index in [1.54, 1.807) is 7.11 Å². The molecule has 0 spiro atoms. The molecule has 0 fully saturated rings. The van der Waals surface area contributed by atoms with Gasteiger partial charge in [0.2, 0.25) is 0 Å². The minimum absolute atomic E-state index is 0.458. The van der Waals surface area contributed by atoms with Gasteiger partial charge in [0.05, 0.1) is 13.2 Å². The zero-order valence-electron chi connectivity index (χ0n) is 6.83. The van der Waals surface area contributed by atoms with Crippen molar-refractivity contribution in [3.63, 3.8) is 0 Å². The summed E-state index contributed by atoms with van der Waals surface area (Å²) in [6.07, 6.45) is -0.458. The van der Waals surface area contributed by atoms with Crippen LogP contribution >= 0.6 is 15.9 Å². The van der Waals surface area contributed by atoms with Gasteiger partial charge < -0.3 is 9.84 Å². The van der Waals surface area contributed by atoms with Crippen LogP contribution in [0.3, 0.4) is 0 Å². The van der Waals surface area contributed by atoms with Gasteiger partial charge in [0.25, 0.3) is 0 Å². The van der Waals surface area contributed by atoms with E-state index < -0.39 is 6.10 Å². The van der Waals surface area contributed by atoms with E-state index in [0.717, 1.165) is 11.3 Å². The average Bonchev–Trinajstić information content (AvgIpc) is 2.17. The van der Waals surface area contributed by atoms with Crippen LogP contribution in [-0.4, -0.2) is 17.5 Å². The van der Waals surface area contributed by atoms with Crippen LogP contribution < -0.4 is 4.74 Å². The molecule has 1 N–H and O–H groups in total. The van der Waals surface area contributed by atoms with Gasteiger partial charge in [-0.2, -0.15) is 0 Å². The van der Waals surface area contributed by atoms with Gasteiger partial charge in [-0.3, -0.25) is 0 Å². The molecular weight excluding hydrogens is 220 g/mol. The van der Waals surface area contributed by atoms with Crippen LogP contribution in [0.1, 0.15) is 11.7 Å². The van der Waals surface area contributed by atoms with Gasteiger partial charge >= 0.3 is 0 Å². The van der Waals surface area contributed by atoms with Crippen molar-refractivity contribution in [2.24, 2.45) is 0 Å². The third kappa shape index (κ3) is 2.22. The Hall–Kier alpha value is -0.540. The first-order valence-corrected chi connectivity index (χ1v) is 4.78. The number of hydrogen-bond donors (Lipinski definition) is 1. The minimum atomic E-state index is -0.458. The van der Waals surface area contributed by atoms with Crippen molar-refractivity contribution in [1.82, 2.24) is 0 Å². The molecule has 0 bridgehead atoms. The summed E-state index contributed by atoms with van der Waals surface area (Å²) in [4.78, 5) is 0. The van der Waals surface area contributed by atoms with Crippen LogP contribution in [0.5, 0.6) is 5.75 Å². The highest BCUT2D eigenvalue weighted by atomic mass is 79.9. The highest BCUT2D eigenvalue weighted by Gasteiger charge is 2.05. The Kier molecular flexibility index (Phi) is 3.56. The molecule has 0 saturated carbocycles. The maximum atomic E-state index is 9.45. The van der Waals surface area contributed by atoms with E-state index >= 15 is 0 Å². The number of alkyl halides is 1. The number of halogens is 1. The number of aliphatic hydroxyl groups is 1. The first-order valence-electron chi connectivity index (χ1n) is 3.66. The van der Waals surface area contributed by atoms with E-state index in [-0.39, 0.29) is 0 Å².